The number of anilines is 1. The number of carbonyl (C=O) groups is 1. The Morgan fingerprint density at radius 2 is 2.05 bits per heavy atom. The molecule has 0 radical (unpaired) electrons. The highest BCUT2D eigenvalue weighted by molar-refractivity contribution is 5.79. The highest BCUT2D eigenvalue weighted by atomic mass is 16.3. The van der Waals surface area contributed by atoms with Crippen molar-refractivity contribution < 1.29 is 9.90 Å². The molecule has 2 N–H and O–H groups in total. The minimum atomic E-state index is -0.663. The molecule has 1 amide bonds. The van der Waals surface area contributed by atoms with Gasteiger partial charge in [0.05, 0.1) is 6.10 Å². The number of aliphatic hydroxyl groups excluding tert-OH is 1. The van der Waals surface area contributed by atoms with Crippen LogP contribution < -0.4 is 10.2 Å². The molecule has 1 aliphatic carbocycles. The Morgan fingerprint density at radius 1 is 1.33 bits per heavy atom. The second-order valence-electron chi connectivity index (χ2n) is 5.73. The Bertz CT molecular complexity index is 494. The van der Waals surface area contributed by atoms with E-state index in [9.17, 15) is 9.90 Å². The molecule has 1 aromatic carbocycles. The van der Waals surface area contributed by atoms with Crippen molar-refractivity contribution >= 4 is 11.6 Å². The molecular weight excluding hydrogens is 264 g/mol. The fourth-order valence-corrected chi connectivity index (χ4v) is 2.49. The van der Waals surface area contributed by atoms with Gasteiger partial charge in [-0.1, -0.05) is 24.3 Å². The number of nitrogens with zero attached hydrogens (tertiary/aromatic N) is 1. The van der Waals surface area contributed by atoms with E-state index in [0.29, 0.717) is 0 Å². The summed E-state index contributed by atoms with van der Waals surface area (Å²) in [4.78, 5) is 14.0. The van der Waals surface area contributed by atoms with Crippen LogP contribution in [0.2, 0.25) is 0 Å². The van der Waals surface area contributed by atoms with Crippen molar-refractivity contribution in [2.45, 2.75) is 25.4 Å². The lowest BCUT2D eigenvalue weighted by molar-refractivity contribution is -0.125. The van der Waals surface area contributed by atoms with Crippen LogP contribution in [0.1, 0.15) is 30.9 Å². The summed E-state index contributed by atoms with van der Waals surface area (Å²) >= 11 is 0. The van der Waals surface area contributed by atoms with Crippen LogP contribution in [0, 0.1) is 5.92 Å². The highest BCUT2D eigenvalue weighted by Gasteiger charge is 2.19. The lowest BCUT2D eigenvalue weighted by atomic mass is 9.93. The number of nitrogens with one attached hydrogen (secondary N) is 1. The van der Waals surface area contributed by atoms with E-state index in [0.717, 1.165) is 30.5 Å². The number of hydrogen-bond acceptors (Lipinski definition) is 3. The Morgan fingerprint density at radius 3 is 2.62 bits per heavy atom. The highest BCUT2D eigenvalue weighted by Crippen LogP contribution is 2.20. The molecule has 114 valence electrons. The molecule has 2 unspecified atom stereocenters. The minimum absolute atomic E-state index is 0.0447. The summed E-state index contributed by atoms with van der Waals surface area (Å²) in [6.07, 6.45) is 6.18. The number of amides is 1. The first-order valence-electron chi connectivity index (χ1n) is 7.46. The third-order valence-corrected chi connectivity index (χ3v) is 3.90. The minimum Gasteiger partial charge on any atom is -0.387 e. The number of carbonyl (C=O) groups excluding carboxylic acids is 1. The second-order valence-corrected chi connectivity index (χ2v) is 5.73. The Hall–Kier alpha value is -1.81. The summed E-state index contributed by atoms with van der Waals surface area (Å²) in [5.74, 6) is 0.0987. The van der Waals surface area contributed by atoms with Gasteiger partial charge in [0.15, 0.2) is 0 Å². The smallest absolute Gasteiger partial charge is 0.223 e. The molecule has 0 saturated carbocycles. The van der Waals surface area contributed by atoms with Gasteiger partial charge in [-0.3, -0.25) is 4.79 Å². The predicted octanol–water partition coefficient (Wildman–Crippen LogP) is 2.26. The average Bonchev–Trinajstić information content (AvgIpc) is 2.53. The van der Waals surface area contributed by atoms with Gasteiger partial charge in [-0.05, 0) is 37.0 Å². The first kappa shape index (κ1) is 15.6. The zero-order chi connectivity index (χ0) is 15.2. The summed E-state index contributed by atoms with van der Waals surface area (Å²) in [7, 11) is 3.95. The molecule has 0 fully saturated rings. The van der Waals surface area contributed by atoms with Gasteiger partial charge in [-0.2, -0.15) is 0 Å². The van der Waals surface area contributed by atoms with Crippen molar-refractivity contribution in [3.05, 3.63) is 42.0 Å². The van der Waals surface area contributed by atoms with E-state index in [-0.39, 0.29) is 18.4 Å². The van der Waals surface area contributed by atoms with E-state index in [1.807, 2.05) is 43.3 Å². The van der Waals surface area contributed by atoms with Gasteiger partial charge in [0.2, 0.25) is 5.91 Å². The first-order valence-corrected chi connectivity index (χ1v) is 7.46. The van der Waals surface area contributed by atoms with Crippen molar-refractivity contribution in [1.29, 1.82) is 0 Å². The maximum atomic E-state index is 12.0. The molecular formula is C17H24N2O2. The van der Waals surface area contributed by atoms with Gasteiger partial charge in [0.1, 0.15) is 0 Å². The number of benzene rings is 1. The van der Waals surface area contributed by atoms with E-state index in [1.165, 1.54) is 0 Å². The maximum Gasteiger partial charge on any atom is 0.223 e. The Labute approximate surface area is 126 Å². The summed E-state index contributed by atoms with van der Waals surface area (Å²) in [5.41, 5.74) is 1.91. The third kappa shape index (κ3) is 4.33. The summed E-state index contributed by atoms with van der Waals surface area (Å²) in [6, 6.07) is 7.73. The normalized spacial score (nSPS) is 19.1. The summed E-state index contributed by atoms with van der Waals surface area (Å²) in [5, 5.41) is 13.0. The molecule has 0 aromatic heterocycles. The van der Waals surface area contributed by atoms with Gasteiger partial charge >= 0.3 is 0 Å². The second kappa shape index (κ2) is 7.27. The summed E-state index contributed by atoms with van der Waals surface area (Å²) in [6.45, 7) is 0.264. The monoisotopic (exact) mass is 288 g/mol. The molecule has 2 atom stereocenters. The maximum absolute atomic E-state index is 12.0. The van der Waals surface area contributed by atoms with Crippen LogP contribution in [-0.2, 0) is 4.79 Å². The quantitative estimate of drug-likeness (QED) is 0.817. The van der Waals surface area contributed by atoms with Gasteiger partial charge in [0, 0.05) is 32.2 Å². The topological polar surface area (TPSA) is 52.6 Å². The van der Waals surface area contributed by atoms with E-state index < -0.39 is 6.10 Å². The Balaban J connectivity index is 1.84. The molecule has 0 bridgehead atoms. The lowest BCUT2D eigenvalue weighted by Gasteiger charge is -2.19. The molecule has 1 aromatic rings. The molecule has 4 nitrogen and oxygen atoms in total. The van der Waals surface area contributed by atoms with E-state index in [1.54, 1.807) is 0 Å². The van der Waals surface area contributed by atoms with Gasteiger partial charge in [0.25, 0.3) is 0 Å². The number of rotatable bonds is 5. The molecule has 0 saturated heterocycles. The molecule has 0 spiro atoms. The van der Waals surface area contributed by atoms with Crippen molar-refractivity contribution in [3.8, 4) is 0 Å². The lowest BCUT2D eigenvalue weighted by Crippen LogP contribution is -2.34. The van der Waals surface area contributed by atoms with Gasteiger partial charge in [-0.15, -0.1) is 0 Å². The van der Waals surface area contributed by atoms with Gasteiger partial charge < -0.3 is 15.3 Å². The van der Waals surface area contributed by atoms with E-state index in [2.05, 4.69) is 17.5 Å². The van der Waals surface area contributed by atoms with Crippen molar-refractivity contribution in [2.24, 2.45) is 5.92 Å². The molecule has 0 heterocycles. The molecule has 1 aliphatic rings. The van der Waals surface area contributed by atoms with Crippen LogP contribution in [0.15, 0.2) is 36.4 Å². The molecule has 4 heteroatoms. The largest absolute Gasteiger partial charge is 0.387 e. The van der Waals surface area contributed by atoms with Crippen LogP contribution in [0.3, 0.4) is 0 Å². The zero-order valence-electron chi connectivity index (χ0n) is 12.7. The molecule has 0 aliphatic heterocycles. The van der Waals surface area contributed by atoms with Crippen LogP contribution >= 0.6 is 0 Å². The van der Waals surface area contributed by atoms with Crippen molar-refractivity contribution in [2.75, 3.05) is 25.5 Å². The SMILES string of the molecule is CN(C)c1ccc(C(O)CNC(=O)C2CC=CCC2)cc1. The van der Waals surface area contributed by atoms with Crippen molar-refractivity contribution in [1.82, 2.24) is 5.32 Å². The summed E-state index contributed by atoms with van der Waals surface area (Å²) < 4.78 is 0. The molecule has 2 rings (SSSR count). The van der Waals surface area contributed by atoms with Crippen molar-refractivity contribution in [3.63, 3.8) is 0 Å². The zero-order valence-corrected chi connectivity index (χ0v) is 12.7. The Kier molecular flexibility index (Phi) is 5.39. The van der Waals surface area contributed by atoms with Crippen LogP contribution in [0.5, 0.6) is 0 Å². The van der Waals surface area contributed by atoms with Crippen LogP contribution in [0.25, 0.3) is 0 Å². The van der Waals surface area contributed by atoms with Crippen LogP contribution in [0.4, 0.5) is 5.69 Å². The average molecular weight is 288 g/mol. The fraction of sp³-hybridized carbons (Fsp3) is 0.471. The number of hydrogen-bond donors (Lipinski definition) is 2. The van der Waals surface area contributed by atoms with Crippen LogP contribution in [-0.4, -0.2) is 31.7 Å². The van der Waals surface area contributed by atoms with E-state index >= 15 is 0 Å². The first-order chi connectivity index (χ1) is 10.1. The third-order valence-electron chi connectivity index (χ3n) is 3.90. The predicted molar refractivity (Wildman–Crippen MR) is 85.2 cm³/mol. The number of allylic oxidation sites excluding steroid dienone is 2. The standard InChI is InChI=1S/C17H24N2O2/c1-19(2)15-10-8-13(9-11-15)16(20)12-18-17(21)14-6-4-3-5-7-14/h3-4,8-11,14,16,20H,5-7,12H2,1-2H3,(H,18,21). The number of aliphatic hydroxyl groups is 1. The fourth-order valence-electron chi connectivity index (χ4n) is 2.49. The molecule has 21 heavy (non-hydrogen) atoms. The van der Waals surface area contributed by atoms with E-state index in [4.69, 9.17) is 0 Å². The van der Waals surface area contributed by atoms with Gasteiger partial charge in [-0.25, -0.2) is 0 Å².